The van der Waals surface area contributed by atoms with E-state index in [1.54, 1.807) is 0 Å². The van der Waals surface area contributed by atoms with E-state index in [1.165, 1.54) is 6.92 Å². The molecule has 0 fully saturated rings. The lowest BCUT2D eigenvalue weighted by Crippen LogP contribution is -2.08. The van der Waals surface area contributed by atoms with Crippen LogP contribution in [0.25, 0.3) is 0 Å². The normalized spacial score (nSPS) is 8.56. The van der Waals surface area contributed by atoms with Gasteiger partial charge in [-0.3, -0.25) is 9.59 Å². The number of ether oxygens (including phenoxy) is 1. The van der Waals surface area contributed by atoms with E-state index in [-0.39, 0.29) is 18.8 Å². The summed E-state index contributed by atoms with van der Waals surface area (Å²) in [7, 11) is 0. The van der Waals surface area contributed by atoms with Crippen molar-refractivity contribution in [2.24, 2.45) is 0 Å². The first kappa shape index (κ1) is 8.01. The number of rotatable bonds is 3. The van der Waals surface area contributed by atoms with E-state index in [4.69, 9.17) is 0 Å². The van der Waals surface area contributed by atoms with Crippen LogP contribution in [-0.4, -0.2) is 18.4 Å². The Hall–Kier alpha value is -0.990. The lowest BCUT2D eigenvalue weighted by molar-refractivity contribution is -0.144. The molecular weight excluding hydrogens is 120 g/mol. The molecule has 0 radical (unpaired) electrons. The quantitative estimate of drug-likeness (QED) is 0.313. The van der Waals surface area contributed by atoms with Gasteiger partial charge in [-0.05, 0) is 6.92 Å². The van der Waals surface area contributed by atoms with E-state index in [2.05, 4.69) is 11.7 Å². The Morgan fingerprint density at radius 1 is 1.56 bits per heavy atom. The van der Waals surface area contributed by atoms with Gasteiger partial charge in [-0.15, -0.1) is 0 Å². The Labute approximate surface area is 54.0 Å². The maximum Gasteiger partial charge on any atom is 0.316 e. The van der Waals surface area contributed by atoms with Gasteiger partial charge >= 0.3 is 5.97 Å². The average molecular weight is 129 g/mol. The van der Waals surface area contributed by atoms with Crippen LogP contribution in [0.4, 0.5) is 0 Å². The molecule has 0 saturated carbocycles. The molecule has 0 unspecified atom stereocenters. The van der Waals surface area contributed by atoms with Gasteiger partial charge in [0.15, 0.2) is 0 Å². The zero-order chi connectivity index (χ0) is 7.28. The SMILES string of the molecule is [CH2+]COC(=O)CC(C)=O. The summed E-state index contributed by atoms with van der Waals surface area (Å²) in [5.74, 6) is -0.689. The van der Waals surface area contributed by atoms with E-state index in [0.29, 0.717) is 0 Å². The maximum absolute atomic E-state index is 10.4. The first-order valence-electron chi connectivity index (χ1n) is 2.61. The van der Waals surface area contributed by atoms with E-state index in [1.807, 2.05) is 0 Å². The summed E-state index contributed by atoms with van der Waals surface area (Å²) < 4.78 is 4.38. The van der Waals surface area contributed by atoms with Gasteiger partial charge < -0.3 is 4.74 Å². The van der Waals surface area contributed by atoms with Crippen molar-refractivity contribution in [3.63, 3.8) is 0 Å². The monoisotopic (exact) mass is 129 g/mol. The highest BCUT2D eigenvalue weighted by molar-refractivity contribution is 5.94. The lowest BCUT2D eigenvalue weighted by Gasteiger charge is -1.92. The van der Waals surface area contributed by atoms with E-state index in [0.717, 1.165) is 0 Å². The van der Waals surface area contributed by atoms with Gasteiger partial charge in [-0.25, -0.2) is 0 Å². The molecule has 0 rings (SSSR count). The first-order chi connectivity index (χ1) is 4.16. The molecule has 0 N–H and O–H groups in total. The van der Waals surface area contributed by atoms with Crippen LogP contribution in [-0.2, 0) is 14.3 Å². The van der Waals surface area contributed by atoms with Crippen LogP contribution >= 0.6 is 0 Å². The molecule has 0 amide bonds. The van der Waals surface area contributed by atoms with Crippen molar-refractivity contribution in [1.82, 2.24) is 0 Å². The number of Topliss-reactive ketones (excluding diaryl/α,β-unsaturated/α-hetero) is 1. The number of hydrogen-bond donors (Lipinski definition) is 0. The fourth-order valence-electron chi connectivity index (χ4n) is 0.368. The molecule has 0 saturated heterocycles. The average Bonchev–Trinajstić information content (AvgIpc) is 1.63. The minimum atomic E-state index is -0.502. The summed E-state index contributed by atoms with van der Waals surface area (Å²) in [4.78, 5) is 20.6. The first-order valence-corrected chi connectivity index (χ1v) is 2.61. The van der Waals surface area contributed by atoms with Crippen LogP contribution in [0.3, 0.4) is 0 Å². The van der Waals surface area contributed by atoms with Gasteiger partial charge in [0.25, 0.3) is 0 Å². The predicted molar refractivity (Wildman–Crippen MR) is 31.6 cm³/mol. The molecule has 0 spiro atoms. The molecule has 0 aromatic heterocycles. The molecule has 0 aliphatic heterocycles. The maximum atomic E-state index is 10.4. The third-order valence-electron chi connectivity index (χ3n) is 0.656. The van der Waals surface area contributed by atoms with Crippen LogP contribution in [0.15, 0.2) is 0 Å². The van der Waals surface area contributed by atoms with Crippen LogP contribution < -0.4 is 0 Å². The number of hydrogen-bond acceptors (Lipinski definition) is 3. The highest BCUT2D eigenvalue weighted by Gasteiger charge is 2.04. The largest absolute Gasteiger partial charge is 0.423 e. The van der Waals surface area contributed by atoms with Crippen LogP contribution in [0.2, 0.25) is 0 Å². The summed E-state index contributed by atoms with van der Waals surface area (Å²) in [5.41, 5.74) is 0. The standard InChI is InChI=1S/C6H9O3/c1-3-9-6(8)4-5(2)7/h1,3-4H2,2H3/q+1. The molecule has 50 valence electrons. The second-order valence-electron chi connectivity index (χ2n) is 1.60. The predicted octanol–water partition coefficient (Wildman–Crippen LogP) is 0.343. The third-order valence-corrected chi connectivity index (χ3v) is 0.656. The molecule has 0 bridgehead atoms. The van der Waals surface area contributed by atoms with Gasteiger partial charge in [0, 0.05) is 0 Å². The molecule has 0 aliphatic rings. The highest BCUT2D eigenvalue weighted by Crippen LogP contribution is 1.85. The number of ketones is 1. The summed E-state index contributed by atoms with van der Waals surface area (Å²) >= 11 is 0. The van der Waals surface area contributed by atoms with E-state index in [9.17, 15) is 9.59 Å². The van der Waals surface area contributed by atoms with E-state index < -0.39 is 5.97 Å². The van der Waals surface area contributed by atoms with Gasteiger partial charge in [0.2, 0.25) is 6.61 Å². The molecule has 3 heteroatoms. The summed E-state index contributed by atoms with van der Waals surface area (Å²) in [5, 5.41) is 0. The van der Waals surface area contributed by atoms with Crippen molar-refractivity contribution < 1.29 is 14.3 Å². The molecule has 0 aromatic rings. The van der Waals surface area contributed by atoms with Crippen molar-refractivity contribution in [3.05, 3.63) is 6.92 Å². The Morgan fingerprint density at radius 2 is 2.11 bits per heavy atom. The minimum Gasteiger partial charge on any atom is -0.423 e. The van der Waals surface area contributed by atoms with Gasteiger partial charge in [0.1, 0.15) is 19.1 Å². The molecule has 0 aromatic carbocycles. The lowest BCUT2D eigenvalue weighted by atomic mass is 10.3. The van der Waals surface area contributed by atoms with Crippen molar-refractivity contribution in [1.29, 1.82) is 0 Å². The Bertz CT molecular complexity index is 117. The van der Waals surface area contributed by atoms with Crippen molar-refractivity contribution in [2.45, 2.75) is 13.3 Å². The fraction of sp³-hybridized carbons (Fsp3) is 0.500. The molecule has 0 atom stereocenters. The number of esters is 1. The van der Waals surface area contributed by atoms with Gasteiger partial charge in [0.05, 0.1) is 0 Å². The highest BCUT2D eigenvalue weighted by atomic mass is 16.5. The number of carbonyl (C=O) groups excluding carboxylic acids is 2. The zero-order valence-corrected chi connectivity index (χ0v) is 5.35. The molecule has 0 heterocycles. The van der Waals surface area contributed by atoms with E-state index >= 15 is 0 Å². The molecule has 0 aliphatic carbocycles. The second kappa shape index (κ2) is 3.95. The smallest absolute Gasteiger partial charge is 0.316 e. The van der Waals surface area contributed by atoms with Crippen molar-refractivity contribution in [3.8, 4) is 0 Å². The van der Waals surface area contributed by atoms with Gasteiger partial charge in [-0.1, -0.05) is 0 Å². The summed E-state index contributed by atoms with van der Waals surface area (Å²) in [6.07, 6.45) is -0.143. The van der Waals surface area contributed by atoms with Crippen molar-refractivity contribution in [2.75, 3.05) is 6.61 Å². The number of carbonyl (C=O) groups is 2. The van der Waals surface area contributed by atoms with Crippen molar-refractivity contribution >= 4 is 11.8 Å². The van der Waals surface area contributed by atoms with Crippen LogP contribution in [0, 0.1) is 6.92 Å². The molecular formula is C6H9O3+. The van der Waals surface area contributed by atoms with Gasteiger partial charge in [-0.2, -0.15) is 0 Å². The fourth-order valence-corrected chi connectivity index (χ4v) is 0.368. The van der Waals surface area contributed by atoms with Crippen LogP contribution in [0.1, 0.15) is 13.3 Å². The Kier molecular flexibility index (Phi) is 3.51. The van der Waals surface area contributed by atoms with Crippen LogP contribution in [0.5, 0.6) is 0 Å². The minimum absolute atomic E-state index is 0.0894. The topological polar surface area (TPSA) is 43.4 Å². The third kappa shape index (κ3) is 4.87. The summed E-state index contributed by atoms with van der Waals surface area (Å²) in [6.45, 7) is 4.71. The zero-order valence-electron chi connectivity index (χ0n) is 5.35. The Balaban J connectivity index is 3.39. The molecule has 3 nitrogen and oxygen atoms in total. The second-order valence-corrected chi connectivity index (χ2v) is 1.60. The Morgan fingerprint density at radius 3 is 2.44 bits per heavy atom. The summed E-state index contributed by atoms with van der Waals surface area (Å²) in [6, 6.07) is 0. The molecule has 9 heavy (non-hydrogen) atoms.